The maximum Gasteiger partial charge on any atom is 0.125 e. The van der Waals surface area contributed by atoms with E-state index in [2.05, 4.69) is 28.2 Å². The maximum absolute atomic E-state index is 6.26. The van der Waals surface area contributed by atoms with Crippen molar-refractivity contribution >= 4 is 27.5 Å². The van der Waals surface area contributed by atoms with Crippen molar-refractivity contribution in [3.05, 3.63) is 56.9 Å². The summed E-state index contributed by atoms with van der Waals surface area (Å²) in [6.45, 7) is 2.07. The zero-order valence-corrected chi connectivity index (χ0v) is 12.7. The second-order valence-corrected chi connectivity index (χ2v) is 5.37. The van der Waals surface area contributed by atoms with E-state index in [0.29, 0.717) is 0 Å². The minimum Gasteiger partial charge on any atom is -0.464 e. The summed E-state index contributed by atoms with van der Waals surface area (Å²) in [7, 11) is 1.90. The van der Waals surface area contributed by atoms with Gasteiger partial charge in [0, 0.05) is 15.9 Å². The molecule has 0 saturated heterocycles. The second-order valence-electron chi connectivity index (χ2n) is 4.05. The fraction of sp³-hybridized carbons (Fsp3) is 0.286. The van der Waals surface area contributed by atoms with Crippen LogP contribution in [0.4, 0.5) is 0 Å². The molecule has 4 heteroatoms. The van der Waals surface area contributed by atoms with E-state index in [0.717, 1.165) is 33.0 Å². The Balaban J connectivity index is 2.41. The Hall–Kier alpha value is -0.770. The van der Waals surface area contributed by atoms with Crippen LogP contribution in [-0.4, -0.2) is 7.05 Å². The highest BCUT2D eigenvalue weighted by Gasteiger charge is 2.18. The molecule has 0 aliphatic heterocycles. The van der Waals surface area contributed by atoms with Crippen molar-refractivity contribution in [3.63, 3.8) is 0 Å². The summed E-state index contributed by atoms with van der Waals surface area (Å²) in [5.41, 5.74) is 1.01. The number of benzene rings is 1. The van der Waals surface area contributed by atoms with Gasteiger partial charge in [-0.25, -0.2) is 0 Å². The SMILES string of the molecule is CCc1ccc(C(NC)c2cc(Br)ccc2Cl)o1. The molecule has 0 spiro atoms. The lowest BCUT2D eigenvalue weighted by Gasteiger charge is -2.16. The average Bonchev–Trinajstić information content (AvgIpc) is 2.83. The minimum atomic E-state index is -0.0321. The van der Waals surface area contributed by atoms with Gasteiger partial charge in [-0.15, -0.1) is 0 Å². The summed E-state index contributed by atoms with van der Waals surface area (Å²) in [6.07, 6.45) is 0.892. The third-order valence-electron chi connectivity index (χ3n) is 2.87. The molecule has 0 bridgehead atoms. The van der Waals surface area contributed by atoms with Crippen LogP contribution >= 0.6 is 27.5 Å². The molecule has 0 fully saturated rings. The highest BCUT2D eigenvalue weighted by molar-refractivity contribution is 9.10. The molecular formula is C14H15BrClNO. The Labute approximate surface area is 120 Å². The van der Waals surface area contributed by atoms with Gasteiger partial charge >= 0.3 is 0 Å². The van der Waals surface area contributed by atoms with Gasteiger partial charge in [0.1, 0.15) is 11.5 Å². The van der Waals surface area contributed by atoms with Crippen LogP contribution in [0.2, 0.25) is 5.02 Å². The van der Waals surface area contributed by atoms with Crippen LogP contribution in [0.3, 0.4) is 0 Å². The second kappa shape index (κ2) is 5.91. The largest absolute Gasteiger partial charge is 0.464 e. The van der Waals surface area contributed by atoms with Crippen molar-refractivity contribution < 1.29 is 4.42 Å². The van der Waals surface area contributed by atoms with Crippen molar-refractivity contribution in [2.75, 3.05) is 7.05 Å². The quantitative estimate of drug-likeness (QED) is 0.889. The molecule has 18 heavy (non-hydrogen) atoms. The Morgan fingerprint density at radius 2 is 2.11 bits per heavy atom. The first kappa shape index (κ1) is 13.7. The summed E-state index contributed by atoms with van der Waals surface area (Å²) < 4.78 is 6.80. The third kappa shape index (κ3) is 2.79. The van der Waals surface area contributed by atoms with Crippen molar-refractivity contribution in [2.24, 2.45) is 0 Å². The molecule has 0 radical (unpaired) electrons. The Morgan fingerprint density at radius 3 is 2.72 bits per heavy atom. The summed E-state index contributed by atoms with van der Waals surface area (Å²) in [6, 6.07) is 9.79. The first-order chi connectivity index (χ1) is 8.65. The van der Waals surface area contributed by atoms with Gasteiger partial charge in [-0.1, -0.05) is 34.5 Å². The van der Waals surface area contributed by atoms with Crippen molar-refractivity contribution in [1.82, 2.24) is 5.32 Å². The van der Waals surface area contributed by atoms with Gasteiger partial charge < -0.3 is 9.73 Å². The third-order valence-corrected chi connectivity index (χ3v) is 3.71. The molecule has 1 heterocycles. The first-order valence-electron chi connectivity index (χ1n) is 5.86. The highest BCUT2D eigenvalue weighted by atomic mass is 79.9. The topological polar surface area (TPSA) is 25.2 Å². The predicted molar refractivity (Wildman–Crippen MR) is 78.1 cm³/mol. The van der Waals surface area contributed by atoms with E-state index in [1.165, 1.54) is 0 Å². The van der Waals surface area contributed by atoms with Crippen LogP contribution in [0.5, 0.6) is 0 Å². The zero-order chi connectivity index (χ0) is 13.1. The molecule has 2 aromatic rings. The molecule has 1 unspecified atom stereocenters. The van der Waals surface area contributed by atoms with E-state index in [4.69, 9.17) is 16.0 Å². The Kier molecular flexibility index (Phi) is 4.49. The van der Waals surface area contributed by atoms with Crippen molar-refractivity contribution in [2.45, 2.75) is 19.4 Å². The summed E-state index contributed by atoms with van der Waals surface area (Å²) in [5.74, 6) is 1.87. The molecule has 0 saturated carbocycles. The van der Waals surface area contributed by atoms with Crippen LogP contribution < -0.4 is 5.32 Å². The van der Waals surface area contributed by atoms with E-state index < -0.39 is 0 Å². The average molecular weight is 329 g/mol. The van der Waals surface area contributed by atoms with Crippen LogP contribution in [0.15, 0.2) is 39.2 Å². The number of hydrogen-bond acceptors (Lipinski definition) is 2. The van der Waals surface area contributed by atoms with Gasteiger partial charge in [-0.3, -0.25) is 0 Å². The standard InChI is InChI=1S/C14H15BrClNO/c1-3-10-5-7-13(18-10)14(17-2)11-8-9(15)4-6-12(11)16/h4-8,14,17H,3H2,1-2H3. The molecule has 0 amide bonds. The first-order valence-corrected chi connectivity index (χ1v) is 7.03. The fourth-order valence-electron chi connectivity index (χ4n) is 1.93. The molecule has 96 valence electrons. The molecule has 1 aromatic carbocycles. The van der Waals surface area contributed by atoms with Crippen LogP contribution in [0.25, 0.3) is 0 Å². The maximum atomic E-state index is 6.26. The number of furan rings is 1. The molecule has 0 aliphatic rings. The number of nitrogens with one attached hydrogen (secondary N) is 1. The van der Waals surface area contributed by atoms with Gasteiger partial charge in [0.15, 0.2) is 0 Å². The van der Waals surface area contributed by atoms with Gasteiger partial charge in [0.25, 0.3) is 0 Å². The fourth-order valence-corrected chi connectivity index (χ4v) is 2.53. The Bertz CT molecular complexity index is 538. The van der Waals surface area contributed by atoms with E-state index in [9.17, 15) is 0 Å². The number of hydrogen-bond donors (Lipinski definition) is 1. The monoisotopic (exact) mass is 327 g/mol. The van der Waals surface area contributed by atoms with E-state index >= 15 is 0 Å². The van der Waals surface area contributed by atoms with Gasteiger partial charge in [-0.2, -0.15) is 0 Å². The lowest BCUT2D eigenvalue weighted by Crippen LogP contribution is -2.17. The normalized spacial score (nSPS) is 12.7. The molecule has 1 N–H and O–H groups in total. The number of halogens is 2. The molecular weight excluding hydrogens is 314 g/mol. The molecule has 1 atom stereocenters. The van der Waals surface area contributed by atoms with Crippen LogP contribution in [0.1, 0.15) is 30.0 Å². The number of rotatable bonds is 4. The van der Waals surface area contributed by atoms with Crippen molar-refractivity contribution in [3.8, 4) is 0 Å². The zero-order valence-electron chi connectivity index (χ0n) is 10.3. The van der Waals surface area contributed by atoms with E-state index in [-0.39, 0.29) is 6.04 Å². The highest BCUT2D eigenvalue weighted by Crippen LogP contribution is 2.31. The van der Waals surface area contributed by atoms with Crippen LogP contribution in [0, 0.1) is 0 Å². The van der Waals surface area contributed by atoms with Gasteiger partial charge in [-0.05, 0) is 42.9 Å². The van der Waals surface area contributed by atoms with Gasteiger partial charge in [0.2, 0.25) is 0 Å². The molecule has 1 aromatic heterocycles. The summed E-state index contributed by atoms with van der Waals surface area (Å²) in [5, 5.41) is 3.97. The molecule has 2 rings (SSSR count). The summed E-state index contributed by atoms with van der Waals surface area (Å²) >= 11 is 9.73. The lowest BCUT2D eigenvalue weighted by atomic mass is 10.0. The van der Waals surface area contributed by atoms with E-state index in [1.807, 2.05) is 37.4 Å². The predicted octanol–water partition coefficient (Wildman–Crippen LogP) is 4.57. The Morgan fingerprint density at radius 1 is 1.33 bits per heavy atom. The van der Waals surface area contributed by atoms with Crippen molar-refractivity contribution in [1.29, 1.82) is 0 Å². The van der Waals surface area contributed by atoms with Crippen LogP contribution in [-0.2, 0) is 6.42 Å². The molecule has 2 nitrogen and oxygen atoms in total. The van der Waals surface area contributed by atoms with E-state index in [1.54, 1.807) is 0 Å². The minimum absolute atomic E-state index is 0.0321. The summed E-state index contributed by atoms with van der Waals surface area (Å²) in [4.78, 5) is 0. The molecule has 0 aliphatic carbocycles. The smallest absolute Gasteiger partial charge is 0.125 e. The number of aryl methyl sites for hydroxylation is 1. The lowest BCUT2D eigenvalue weighted by molar-refractivity contribution is 0.434. The van der Waals surface area contributed by atoms with Gasteiger partial charge in [0.05, 0.1) is 6.04 Å².